The molecular formula is C18H22N4O2. The van der Waals surface area contributed by atoms with Crippen molar-refractivity contribution in [2.45, 2.75) is 33.3 Å². The molecule has 0 unspecified atom stereocenters. The predicted octanol–water partition coefficient (Wildman–Crippen LogP) is 3.21. The number of nitrogens with zero attached hydrogens (tertiary/aromatic N) is 4. The van der Waals surface area contributed by atoms with Gasteiger partial charge in [-0.15, -0.1) is 5.10 Å². The zero-order chi connectivity index (χ0) is 17.1. The highest BCUT2D eigenvalue weighted by Gasteiger charge is 2.22. The summed E-state index contributed by atoms with van der Waals surface area (Å²) in [5.74, 6) is 0. The Labute approximate surface area is 141 Å². The first kappa shape index (κ1) is 16.2. The molecule has 0 fully saturated rings. The summed E-state index contributed by atoms with van der Waals surface area (Å²) in [6, 6.07) is 9.95. The van der Waals surface area contributed by atoms with Gasteiger partial charge in [-0.05, 0) is 44.9 Å². The van der Waals surface area contributed by atoms with Crippen molar-refractivity contribution in [1.29, 1.82) is 0 Å². The van der Waals surface area contributed by atoms with Gasteiger partial charge < -0.3 is 9.64 Å². The van der Waals surface area contributed by atoms with E-state index in [1.807, 2.05) is 61.9 Å². The van der Waals surface area contributed by atoms with Crippen LogP contribution in [0.2, 0.25) is 0 Å². The van der Waals surface area contributed by atoms with Gasteiger partial charge in [0.1, 0.15) is 5.69 Å². The lowest BCUT2D eigenvalue weighted by atomic mass is 10.0. The summed E-state index contributed by atoms with van der Waals surface area (Å²) in [5, 5.41) is 8.62. The van der Waals surface area contributed by atoms with Crippen LogP contribution in [0.15, 0.2) is 36.4 Å². The second-order valence-corrected chi connectivity index (χ2v) is 6.13. The van der Waals surface area contributed by atoms with Gasteiger partial charge in [-0.3, -0.25) is 0 Å². The lowest BCUT2D eigenvalue weighted by molar-refractivity contribution is 0.0799. The van der Waals surface area contributed by atoms with Crippen molar-refractivity contribution in [1.82, 2.24) is 19.9 Å². The third-order valence-corrected chi connectivity index (χ3v) is 4.00. The van der Waals surface area contributed by atoms with E-state index in [1.54, 1.807) is 4.90 Å². The van der Waals surface area contributed by atoms with Crippen LogP contribution in [0, 0.1) is 6.92 Å². The standard InChI is InChI=1S/C18H22N4O2/c1-13(2)24-18(23)21-11-9-15(10-12-21)17-14(3)22(20-19-17)16-7-5-4-6-8-16/h4-9,13H,10-12H2,1-3H3. The van der Waals surface area contributed by atoms with Crippen LogP contribution in [-0.2, 0) is 4.74 Å². The van der Waals surface area contributed by atoms with Crippen LogP contribution < -0.4 is 0 Å². The molecule has 0 saturated heterocycles. The number of hydrogen-bond donors (Lipinski definition) is 0. The molecular weight excluding hydrogens is 304 g/mol. The summed E-state index contributed by atoms with van der Waals surface area (Å²) in [6.45, 7) is 6.90. The smallest absolute Gasteiger partial charge is 0.410 e. The molecule has 0 atom stereocenters. The van der Waals surface area contributed by atoms with Crippen molar-refractivity contribution in [2.75, 3.05) is 13.1 Å². The van der Waals surface area contributed by atoms with Gasteiger partial charge in [-0.2, -0.15) is 0 Å². The third-order valence-electron chi connectivity index (χ3n) is 4.00. The van der Waals surface area contributed by atoms with E-state index in [2.05, 4.69) is 10.3 Å². The summed E-state index contributed by atoms with van der Waals surface area (Å²) >= 11 is 0. The molecule has 126 valence electrons. The van der Waals surface area contributed by atoms with Crippen molar-refractivity contribution in [3.05, 3.63) is 47.8 Å². The number of aromatic nitrogens is 3. The first-order valence-electron chi connectivity index (χ1n) is 8.19. The monoisotopic (exact) mass is 326 g/mol. The number of rotatable bonds is 3. The van der Waals surface area contributed by atoms with Crippen molar-refractivity contribution >= 4 is 11.7 Å². The number of carbonyl (C=O) groups is 1. The molecule has 2 aromatic rings. The molecule has 0 aliphatic carbocycles. The van der Waals surface area contributed by atoms with Crippen molar-refractivity contribution < 1.29 is 9.53 Å². The highest BCUT2D eigenvalue weighted by atomic mass is 16.6. The number of benzene rings is 1. The molecule has 0 spiro atoms. The Morgan fingerprint density at radius 1 is 1.25 bits per heavy atom. The molecule has 24 heavy (non-hydrogen) atoms. The van der Waals surface area contributed by atoms with Crippen LogP contribution in [0.3, 0.4) is 0 Å². The Balaban J connectivity index is 1.76. The molecule has 6 nitrogen and oxygen atoms in total. The van der Waals surface area contributed by atoms with E-state index in [0.29, 0.717) is 13.1 Å². The maximum absolute atomic E-state index is 12.0. The molecule has 0 saturated carbocycles. The Morgan fingerprint density at radius 2 is 2.00 bits per heavy atom. The molecule has 0 bridgehead atoms. The van der Waals surface area contributed by atoms with Crippen LogP contribution in [0.5, 0.6) is 0 Å². The Hall–Kier alpha value is -2.63. The lowest BCUT2D eigenvalue weighted by Crippen LogP contribution is -2.36. The van der Waals surface area contributed by atoms with Crippen molar-refractivity contribution in [3.8, 4) is 5.69 Å². The molecule has 3 rings (SSSR count). The Kier molecular flexibility index (Phi) is 4.64. The van der Waals surface area contributed by atoms with Crippen LogP contribution in [0.1, 0.15) is 31.7 Å². The van der Waals surface area contributed by atoms with E-state index in [1.165, 1.54) is 0 Å². The number of para-hydroxylation sites is 1. The fourth-order valence-electron chi connectivity index (χ4n) is 2.77. The predicted molar refractivity (Wildman–Crippen MR) is 91.9 cm³/mol. The number of hydrogen-bond acceptors (Lipinski definition) is 4. The SMILES string of the molecule is Cc1c(C2=CCN(C(=O)OC(C)C)CC2)nnn1-c1ccccc1. The van der Waals surface area contributed by atoms with Crippen LogP contribution >= 0.6 is 0 Å². The van der Waals surface area contributed by atoms with Crippen LogP contribution in [0.25, 0.3) is 11.3 Å². The number of ether oxygens (including phenoxy) is 1. The van der Waals surface area contributed by atoms with E-state index in [9.17, 15) is 4.79 Å². The largest absolute Gasteiger partial charge is 0.447 e. The maximum Gasteiger partial charge on any atom is 0.410 e. The summed E-state index contributed by atoms with van der Waals surface area (Å²) in [5.41, 5.74) is 4.02. The fourth-order valence-corrected chi connectivity index (χ4v) is 2.77. The quantitative estimate of drug-likeness (QED) is 0.869. The molecule has 1 amide bonds. The average molecular weight is 326 g/mol. The molecule has 0 N–H and O–H groups in total. The first-order chi connectivity index (χ1) is 11.6. The van der Waals surface area contributed by atoms with Crippen LogP contribution in [-0.4, -0.2) is 45.2 Å². The van der Waals surface area contributed by atoms with Gasteiger partial charge >= 0.3 is 6.09 Å². The Bertz CT molecular complexity index is 750. The van der Waals surface area contributed by atoms with Gasteiger partial charge in [0.25, 0.3) is 0 Å². The first-order valence-corrected chi connectivity index (χ1v) is 8.19. The highest BCUT2D eigenvalue weighted by Crippen LogP contribution is 2.24. The van der Waals surface area contributed by atoms with E-state index in [4.69, 9.17) is 4.74 Å². The van der Waals surface area contributed by atoms with Gasteiger partial charge in [0.15, 0.2) is 0 Å². The summed E-state index contributed by atoms with van der Waals surface area (Å²) in [4.78, 5) is 13.7. The second kappa shape index (κ2) is 6.86. The van der Waals surface area contributed by atoms with Crippen molar-refractivity contribution in [3.63, 3.8) is 0 Å². The molecule has 1 aliphatic rings. The van der Waals surface area contributed by atoms with Gasteiger partial charge in [-0.25, -0.2) is 9.48 Å². The van der Waals surface area contributed by atoms with Gasteiger partial charge in [-0.1, -0.05) is 29.5 Å². The third kappa shape index (κ3) is 3.32. The molecule has 1 aromatic carbocycles. The fraction of sp³-hybridized carbons (Fsp3) is 0.389. The molecule has 6 heteroatoms. The van der Waals surface area contributed by atoms with Gasteiger partial charge in [0, 0.05) is 13.1 Å². The van der Waals surface area contributed by atoms with E-state index >= 15 is 0 Å². The molecule has 2 heterocycles. The number of carbonyl (C=O) groups excluding carboxylic acids is 1. The summed E-state index contributed by atoms with van der Waals surface area (Å²) < 4.78 is 7.08. The van der Waals surface area contributed by atoms with Gasteiger partial charge in [0.2, 0.25) is 0 Å². The highest BCUT2D eigenvalue weighted by molar-refractivity contribution is 5.72. The normalized spacial score (nSPS) is 14.7. The zero-order valence-corrected chi connectivity index (χ0v) is 14.3. The molecule has 1 aliphatic heterocycles. The van der Waals surface area contributed by atoms with Crippen LogP contribution in [0.4, 0.5) is 4.79 Å². The summed E-state index contributed by atoms with van der Waals surface area (Å²) in [7, 11) is 0. The van der Waals surface area contributed by atoms with E-state index in [0.717, 1.165) is 29.1 Å². The Morgan fingerprint density at radius 3 is 2.62 bits per heavy atom. The minimum atomic E-state index is -0.259. The average Bonchev–Trinajstić information content (AvgIpc) is 2.97. The van der Waals surface area contributed by atoms with E-state index in [-0.39, 0.29) is 12.2 Å². The van der Waals surface area contributed by atoms with Gasteiger partial charge in [0.05, 0.1) is 17.5 Å². The topological polar surface area (TPSA) is 60.3 Å². The molecule has 0 radical (unpaired) electrons. The maximum atomic E-state index is 12.0. The molecule has 1 aromatic heterocycles. The minimum absolute atomic E-state index is 0.101. The lowest BCUT2D eigenvalue weighted by Gasteiger charge is -2.26. The minimum Gasteiger partial charge on any atom is -0.447 e. The van der Waals surface area contributed by atoms with Crippen molar-refractivity contribution in [2.24, 2.45) is 0 Å². The van der Waals surface area contributed by atoms with E-state index < -0.39 is 0 Å². The summed E-state index contributed by atoms with van der Waals surface area (Å²) in [6.07, 6.45) is 2.43. The number of amides is 1. The second-order valence-electron chi connectivity index (χ2n) is 6.13. The zero-order valence-electron chi connectivity index (χ0n) is 14.3.